The van der Waals surface area contributed by atoms with Crippen molar-refractivity contribution >= 4 is 6.29 Å². The maximum Gasteiger partial charge on any atom is 0.122 e. The fourth-order valence-electron chi connectivity index (χ4n) is 5.17. The smallest absolute Gasteiger partial charge is 0.122 e. The van der Waals surface area contributed by atoms with Crippen LogP contribution in [0, 0.1) is 0 Å². The van der Waals surface area contributed by atoms with Gasteiger partial charge >= 0.3 is 0 Å². The Bertz CT molecular complexity index is 1300. The Balaban J connectivity index is 1.40. The van der Waals surface area contributed by atoms with E-state index in [1.807, 2.05) is 121 Å². The molecule has 0 aromatic heterocycles. The van der Waals surface area contributed by atoms with Gasteiger partial charge in [-0.25, -0.2) is 0 Å². The fourth-order valence-corrected chi connectivity index (χ4v) is 5.17. The summed E-state index contributed by atoms with van der Waals surface area (Å²) in [5.74, 6) is 0. The van der Waals surface area contributed by atoms with Gasteiger partial charge in [0, 0.05) is 6.42 Å². The minimum atomic E-state index is -0.537. The fraction of sp³-hybridized carbons (Fsp3) is 0.306. The van der Waals surface area contributed by atoms with Gasteiger partial charge < -0.3 is 28.5 Å². The van der Waals surface area contributed by atoms with Gasteiger partial charge in [0.1, 0.15) is 30.7 Å². The quantitative estimate of drug-likeness (QED) is 0.157. The van der Waals surface area contributed by atoms with Crippen LogP contribution in [0.4, 0.5) is 0 Å². The van der Waals surface area contributed by atoms with Gasteiger partial charge in [-0.3, -0.25) is 0 Å². The van der Waals surface area contributed by atoms with Crippen LogP contribution < -0.4 is 0 Å². The van der Waals surface area contributed by atoms with E-state index in [0.29, 0.717) is 26.4 Å². The lowest BCUT2D eigenvalue weighted by atomic mass is 9.92. The minimum Gasteiger partial charge on any atom is -0.374 e. The van der Waals surface area contributed by atoms with Crippen LogP contribution >= 0.6 is 0 Å². The van der Waals surface area contributed by atoms with Gasteiger partial charge in [-0.1, -0.05) is 121 Å². The Hall–Kier alpha value is -3.65. The molecule has 0 saturated carbocycles. The van der Waals surface area contributed by atoms with Crippen molar-refractivity contribution < 1.29 is 28.5 Å². The Morgan fingerprint density at radius 2 is 0.881 bits per heavy atom. The molecule has 1 saturated heterocycles. The summed E-state index contributed by atoms with van der Waals surface area (Å²) in [6, 6.07) is 40.0. The average molecular weight is 567 g/mol. The molecule has 42 heavy (non-hydrogen) atoms. The van der Waals surface area contributed by atoms with E-state index >= 15 is 0 Å². The number of hydrogen-bond acceptors (Lipinski definition) is 6. The summed E-state index contributed by atoms with van der Waals surface area (Å²) < 4.78 is 32.5. The monoisotopic (exact) mass is 566 g/mol. The number of hydrogen-bond donors (Lipinski definition) is 0. The lowest BCUT2D eigenvalue weighted by molar-refractivity contribution is -0.272. The SMILES string of the molecule is O=CC[C@H]1O[C@H](COCc2ccccc2)[C@@H](OCc2ccccc2)[C@H](OCc2ccccc2)[C@H]1OCc1ccccc1. The second-order valence-corrected chi connectivity index (χ2v) is 10.4. The molecule has 4 aromatic carbocycles. The van der Waals surface area contributed by atoms with Gasteiger partial charge in [0.25, 0.3) is 0 Å². The second-order valence-electron chi connectivity index (χ2n) is 10.4. The van der Waals surface area contributed by atoms with Crippen molar-refractivity contribution in [2.75, 3.05) is 6.61 Å². The highest BCUT2D eigenvalue weighted by molar-refractivity contribution is 5.50. The summed E-state index contributed by atoms with van der Waals surface area (Å²) >= 11 is 0. The summed E-state index contributed by atoms with van der Waals surface area (Å²) in [7, 11) is 0. The zero-order valence-electron chi connectivity index (χ0n) is 23.7. The van der Waals surface area contributed by atoms with Crippen LogP contribution in [-0.2, 0) is 54.9 Å². The van der Waals surface area contributed by atoms with E-state index in [-0.39, 0.29) is 13.0 Å². The number of rotatable bonds is 15. The number of carbonyl (C=O) groups is 1. The molecule has 6 heteroatoms. The van der Waals surface area contributed by atoms with Gasteiger partial charge in [-0.15, -0.1) is 0 Å². The van der Waals surface area contributed by atoms with E-state index in [2.05, 4.69) is 0 Å². The van der Waals surface area contributed by atoms with Gasteiger partial charge in [0.15, 0.2) is 0 Å². The molecule has 1 heterocycles. The van der Waals surface area contributed by atoms with Crippen molar-refractivity contribution in [1.29, 1.82) is 0 Å². The summed E-state index contributed by atoms with van der Waals surface area (Å²) in [4.78, 5) is 11.8. The maximum atomic E-state index is 11.8. The number of ether oxygens (including phenoxy) is 5. The highest BCUT2D eigenvalue weighted by Crippen LogP contribution is 2.32. The van der Waals surface area contributed by atoms with Gasteiger partial charge in [0.2, 0.25) is 0 Å². The minimum absolute atomic E-state index is 0.172. The van der Waals surface area contributed by atoms with Crippen LogP contribution in [0.5, 0.6) is 0 Å². The molecule has 6 nitrogen and oxygen atoms in total. The maximum absolute atomic E-state index is 11.8. The van der Waals surface area contributed by atoms with Crippen molar-refractivity contribution in [2.45, 2.75) is 63.4 Å². The standard InChI is InChI=1S/C36H38O6/c37-22-21-32-34(39-24-29-15-7-2-8-16-29)36(41-26-31-19-11-4-12-20-31)35(40-25-30-17-9-3-10-18-30)33(42-32)27-38-23-28-13-5-1-6-14-28/h1-20,22,32-36H,21,23-27H2/t32-,33-,34+,35-,36-/m1/s1. The van der Waals surface area contributed by atoms with Crippen LogP contribution in [0.3, 0.4) is 0 Å². The molecule has 0 unspecified atom stereocenters. The third-order valence-electron chi connectivity index (χ3n) is 7.31. The van der Waals surface area contributed by atoms with Gasteiger partial charge in [0.05, 0.1) is 39.1 Å². The molecule has 0 bridgehead atoms. The average Bonchev–Trinajstić information content (AvgIpc) is 3.05. The van der Waals surface area contributed by atoms with Crippen LogP contribution in [0.1, 0.15) is 28.7 Å². The van der Waals surface area contributed by atoms with E-state index in [1.54, 1.807) is 0 Å². The van der Waals surface area contributed by atoms with Crippen molar-refractivity contribution in [3.8, 4) is 0 Å². The first-order chi connectivity index (χ1) is 20.8. The number of aldehydes is 1. The van der Waals surface area contributed by atoms with Gasteiger partial charge in [-0.2, -0.15) is 0 Å². The van der Waals surface area contributed by atoms with Crippen molar-refractivity contribution in [2.24, 2.45) is 0 Å². The predicted molar refractivity (Wildman–Crippen MR) is 160 cm³/mol. The van der Waals surface area contributed by atoms with Crippen molar-refractivity contribution in [3.05, 3.63) is 144 Å². The third-order valence-corrected chi connectivity index (χ3v) is 7.31. The molecule has 0 amide bonds. The first kappa shape index (κ1) is 29.8. The Morgan fingerprint density at radius 1 is 0.500 bits per heavy atom. The molecule has 0 aliphatic carbocycles. The van der Waals surface area contributed by atoms with Crippen LogP contribution in [0.25, 0.3) is 0 Å². The summed E-state index contributed by atoms with van der Waals surface area (Å²) in [6.45, 7) is 1.82. The largest absolute Gasteiger partial charge is 0.374 e. The van der Waals surface area contributed by atoms with E-state index in [1.165, 1.54) is 0 Å². The summed E-state index contributed by atoms with van der Waals surface area (Å²) in [5.41, 5.74) is 4.18. The highest BCUT2D eigenvalue weighted by Gasteiger charge is 2.48. The van der Waals surface area contributed by atoms with E-state index in [9.17, 15) is 4.79 Å². The Labute approximate surface area is 248 Å². The summed E-state index contributed by atoms with van der Waals surface area (Å²) in [6.07, 6.45) is -1.50. The van der Waals surface area contributed by atoms with Crippen LogP contribution in [-0.4, -0.2) is 43.4 Å². The Kier molecular flexibility index (Phi) is 11.4. The predicted octanol–water partition coefficient (Wildman–Crippen LogP) is 6.32. The normalized spacial score (nSPS) is 22.0. The molecule has 0 spiro atoms. The van der Waals surface area contributed by atoms with Crippen molar-refractivity contribution in [1.82, 2.24) is 0 Å². The lowest BCUT2D eigenvalue weighted by Gasteiger charge is -2.46. The number of benzene rings is 4. The molecular weight excluding hydrogens is 528 g/mol. The molecule has 0 radical (unpaired) electrons. The highest BCUT2D eigenvalue weighted by atomic mass is 16.6. The van der Waals surface area contributed by atoms with E-state index < -0.39 is 30.5 Å². The molecule has 5 rings (SSSR count). The van der Waals surface area contributed by atoms with Crippen molar-refractivity contribution in [3.63, 3.8) is 0 Å². The zero-order chi connectivity index (χ0) is 28.8. The molecule has 1 aliphatic heterocycles. The molecular formula is C36H38O6. The Morgan fingerprint density at radius 3 is 1.31 bits per heavy atom. The third kappa shape index (κ3) is 8.68. The lowest BCUT2D eigenvalue weighted by Crippen LogP contribution is -2.61. The molecule has 4 aromatic rings. The topological polar surface area (TPSA) is 63.2 Å². The van der Waals surface area contributed by atoms with Crippen LogP contribution in [0.15, 0.2) is 121 Å². The van der Waals surface area contributed by atoms with E-state index in [4.69, 9.17) is 23.7 Å². The zero-order valence-corrected chi connectivity index (χ0v) is 23.7. The molecule has 0 N–H and O–H groups in total. The van der Waals surface area contributed by atoms with E-state index in [0.717, 1.165) is 28.5 Å². The second kappa shape index (κ2) is 16.1. The molecule has 5 atom stereocenters. The summed E-state index contributed by atoms with van der Waals surface area (Å²) in [5, 5.41) is 0. The molecule has 218 valence electrons. The van der Waals surface area contributed by atoms with Crippen LogP contribution in [0.2, 0.25) is 0 Å². The first-order valence-electron chi connectivity index (χ1n) is 14.5. The number of carbonyl (C=O) groups excluding carboxylic acids is 1. The molecule has 1 fully saturated rings. The first-order valence-corrected chi connectivity index (χ1v) is 14.5. The molecule has 1 aliphatic rings. The van der Waals surface area contributed by atoms with Gasteiger partial charge in [-0.05, 0) is 22.3 Å².